The van der Waals surface area contributed by atoms with Gasteiger partial charge in [-0.3, -0.25) is 8.37 Å². The maximum absolute atomic E-state index is 11.8. The number of fused-ring (bicyclic) bond motifs is 2. The van der Waals surface area contributed by atoms with Crippen molar-refractivity contribution in [2.45, 2.75) is 42.4 Å². The fourth-order valence-corrected chi connectivity index (χ4v) is 5.60. The number of para-hydroxylation sites is 1. The number of nitrogens with zero attached hydrogens (tertiary/aromatic N) is 1. The molecular formula is C18H19NO3S2. The SMILES string of the molecule is C=CC1=C(C=C)N(C2CCCC3OS(=O)OC32)c2ccccc2S1. The molecule has 0 bridgehead atoms. The Bertz CT molecular complexity index is 746. The predicted molar refractivity (Wildman–Crippen MR) is 97.7 cm³/mol. The van der Waals surface area contributed by atoms with Crippen molar-refractivity contribution in [3.8, 4) is 0 Å². The Morgan fingerprint density at radius 1 is 1.21 bits per heavy atom. The normalized spacial score (nSPS) is 32.2. The number of benzene rings is 1. The molecule has 2 heterocycles. The molecule has 4 rings (SSSR count). The first-order chi connectivity index (χ1) is 11.7. The summed E-state index contributed by atoms with van der Waals surface area (Å²) in [5.41, 5.74) is 2.16. The second-order valence-corrected chi connectivity index (χ2v) is 7.87. The summed E-state index contributed by atoms with van der Waals surface area (Å²) in [6.45, 7) is 7.96. The van der Waals surface area contributed by atoms with E-state index < -0.39 is 11.4 Å². The lowest BCUT2D eigenvalue weighted by molar-refractivity contribution is 0.0908. The minimum absolute atomic E-state index is 0.0696. The molecule has 0 aromatic heterocycles. The summed E-state index contributed by atoms with van der Waals surface area (Å²) in [6, 6.07) is 8.37. The van der Waals surface area contributed by atoms with Crippen LogP contribution in [0.2, 0.25) is 0 Å². The van der Waals surface area contributed by atoms with Gasteiger partial charge in [-0.15, -0.1) is 0 Å². The highest BCUT2D eigenvalue weighted by Gasteiger charge is 2.47. The molecule has 1 aromatic rings. The molecule has 1 saturated carbocycles. The zero-order valence-corrected chi connectivity index (χ0v) is 14.9. The fourth-order valence-electron chi connectivity index (χ4n) is 3.69. The molecule has 6 heteroatoms. The van der Waals surface area contributed by atoms with Crippen LogP contribution in [0.15, 0.2) is 65.1 Å². The average molecular weight is 361 g/mol. The standard InChI is InChI=1S/C18H19NO3S2/c1-3-12-16(4-2)23-17-11-6-5-8-13(17)19(12)14-9-7-10-15-18(14)22-24(20)21-15/h3-6,8,11,14-15,18H,1-2,7,9-10H2. The molecule has 24 heavy (non-hydrogen) atoms. The van der Waals surface area contributed by atoms with Crippen LogP contribution in [-0.2, 0) is 19.7 Å². The van der Waals surface area contributed by atoms with Gasteiger partial charge in [-0.05, 0) is 37.5 Å². The van der Waals surface area contributed by atoms with Gasteiger partial charge in [0, 0.05) is 9.80 Å². The summed E-state index contributed by atoms with van der Waals surface area (Å²) >= 11 is 0.0565. The van der Waals surface area contributed by atoms with Crippen LogP contribution in [0.4, 0.5) is 5.69 Å². The lowest BCUT2D eigenvalue weighted by Crippen LogP contribution is -2.50. The van der Waals surface area contributed by atoms with E-state index in [1.807, 2.05) is 24.3 Å². The van der Waals surface area contributed by atoms with Crippen LogP contribution in [0.1, 0.15) is 19.3 Å². The van der Waals surface area contributed by atoms with Gasteiger partial charge in [0.15, 0.2) is 0 Å². The maximum Gasteiger partial charge on any atom is 0.305 e. The average Bonchev–Trinajstić information content (AvgIpc) is 3.00. The number of rotatable bonds is 3. The van der Waals surface area contributed by atoms with Gasteiger partial charge in [-0.1, -0.05) is 43.1 Å². The van der Waals surface area contributed by atoms with Gasteiger partial charge in [0.25, 0.3) is 0 Å². The quantitative estimate of drug-likeness (QED) is 0.810. The van der Waals surface area contributed by atoms with Crippen LogP contribution >= 0.6 is 11.8 Å². The van der Waals surface area contributed by atoms with E-state index in [-0.39, 0.29) is 18.2 Å². The van der Waals surface area contributed by atoms with E-state index >= 15 is 0 Å². The van der Waals surface area contributed by atoms with E-state index in [2.05, 4.69) is 30.2 Å². The van der Waals surface area contributed by atoms with Crippen molar-refractivity contribution in [1.29, 1.82) is 0 Å². The molecule has 4 nitrogen and oxygen atoms in total. The molecule has 0 radical (unpaired) electrons. The van der Waals surface area contributed by atoms with Crippen molar-refractivity contribution in [2.24, 2.45) is 0 Å². The summed E-state index contributed by atoms with van der Waals surface area (Å²) in [4.78, 5) is 4.53. The second kappa shape index (κ2) is 6.52. The topological polar surface area (TPSA) is 38.8 Å². The predicted octanol–water partition coefficient (Wildman–Crippen LogP) is 4.10. The first-order valence-electron chi connectivity index (χ1n) is 8.04. The minimum atomic E-state index is -1.64. The molecule has 4 atom stereocenters. The van der Waals surface area contributed by atoms with Crippen molar-refractivity contribution in [1.82, 2.24) is 0 Å². The third kappa shape index (κ3) is 2.58. The highest BCUT2D eigenvalue weighted by Crippen LogP contribution is 2.47. The van der Waals surface area contributed by atoms with Crippen LogP contribution in [0.3, 0.4) is 0 Å². The number of thioether (sulfide) groups is 1. The minimum Gasteiger partial charge on any atom is -0.334 e. The second-order valence-electron chi connectivity index (χ2n) is 6.00. The monoisotopic (exact) mass is 361 g/mol. The maximum atomic E-state index is 11.8. The highest BCUT2D eigenvalue weighted by molar-refractivity contribution is 8.03. The molecule has 2 aliphatic heterocycles. The molecular weight excluding hydrogens is 342 g/mol. The lowest BCUT2D eigenvalue weighted by Gasteiger charge is -2.43. The van der Waals surface area contributed by atoms with E-state index in [0.29, 0.717) is 0 Å². The molecule has 4 unspecified atom stereocenters. The Kier molecular flexibility index (Phi) is 4.39. The first kappa shape index (κ1) is 16.1. The molecule has 0 amide bonds. The lowest BCUT2D eigenvalue weighted by atomic mass is 9.88. The Morgan fingerprint density at radius 2 is 2.04 bits per heavy atom. The smallest absolute Gasteiger partial charge is 0.305 e. The Labute approximate surface area is 149 Å². The molecule has 2 fully saturated rings. The van der Waals surface area contributed by atoms with Crippen molar-refractivity contribution >= 4 is 28.8 Å². The molecule has 0 spiro atoms. The molecule has 0 N–H and O–H groups in total. The van der Waals surface area contributed by atoms with Gasteiger partial charge in [0.1, 0.15) is 12.2 Å². The van der Waals surface area contributed by atoms with E-state index in [9.17, 15) is 4.21 Å². The van der Waals surface area contributed by atoms with Gasteiger partial charge in [0.05, 0.1) is 17.4 Å². The number of hydrogen-bond donors (Lipinski definition) is 0. The van der Waals surface area contributed by atoms with Gasteiger partial charge in [0.2, 0.25) is 0 Å². The van der Waals surface area contributed by atoms with E-state index in [0.717, 1.165) is 35.6 Å². The zero-order chi connectivity index (χ0) is 16.7. The van der Waals surface area contributed by atoms with Crippen LogP contribution in [-0.4, -0.2) is 22.5 Å². The Morgan fingerprint density at radius 3 is 2.83 bits per heavy atom. The molecule has 1 aliphatic carbocycles. The van der Waals surface area contributed by atoms with Crippen molar-refractivity contribution < 1.29 is 12.6 Å². The van der Waals surface area contributed by atoms with Crippen LogP contribution in [0.5, 0.6) is 0 Å². The van der Waals surface area contributed by atoms with Crippen molar-refractivity contribution in [3.05, 3.63) is 60.2 Å². The third-order valence-corrected chi connectivity index (χ3v) is 6.64. The third-order valence-electron chi connectivity index (χ3n) is 4.69. The van der Waals surface area contributed by atoms with E-state index in [1.165, 1.54) is 4.90 Å². The number of allylic oxidation sites excluding steroid dienone is 2. The molecule has 126 valence electrons. The Balaban J connectivity index is 1.81. The van der Waals surface area contributed by atoms with E-state index in [4.69, 9.17) is 8.37 Å². The molecule has 1 saturated heterocycles. The molecule has 1 aromatic carbocycles. The first-order valence-corrected chi connectivity index (χ1v) is 9.86. The largest absolute Gasteiger partial charge is 0.334 e. The summed E-state index contributed by atoms with van der Waals surface area (Å²) in [7, 11) is 0. The number of anilines is 1. The Hall–Kier alpha value is -1.34. The summed E-state index contributed by atoms with van der Waals surface area (Å²) in [5.74, 6) is 0. The highest BCUT2D eigenvalue weighted by atomic mass is 32.2. The van der Waals surface area contributed by atoms with Gasteiger partial charge < -0.3 is 4.90 Å². The van der Waals surface area contributed by atoms with Crippen molar-refractivity contribution in [3.63, 3.8) is 0 Å². The van der Waals surface area contributed by atoms with Crippen LogP contribution < -0.4 is 4.90 Å². The fraction of sp³-hybridized carbons (Fsp3) is 0.333. The summed E-state index contributed by atoms with van der Waals surface area (Å²) in [5, 5.41) is 0. The summed E-state index contributed by atoms with van der Waals surface area (Å²) < 4.78 is 22.8. The van der Waals surface area contributed by atoms with Gasteiger partial charge in [-0.25, -0.2) is 0 Å². The summed E-state index contributed by atoms with van der Waals surface area (Å²) in [6.07, 6.45) is 6.31. The molecule has 3 aliphatic rings. The van der Waals surface area contributed by atoms with Crippen molar-refractivity contribution in [2.75, 3.05) is 4.90 Å². The van der Waals surface area contributed by atoms with Gasteiger partial charge in [-0.2, -0.15) is 4.21 Å². The number of hydrogen-bond acceptors (Lipinski definition) is 5. The van der Waals surface area contributed by atoms with Crippen LogP contribution in [0, 0.1) is 0 Å². The zero-order valence-electron chi connectivity index (χ0n) is 13.2. The van der Waals surface area contributed by atoms with E-state index in [1.54, 1.807) is 11.8 Å². The van der Waals surface area contributed by atoms with Crippen LogP contribution in [0.25, 0.3) is 0 Å². The van der Waals surface area contributed by atoms with Gasteiger partial charge >= 0.3 is 11.4 Å².